The monoisotopic (exact) mass is 501 g/mol. The van der Waals surface area contributed by atoms with Gasteiger partial charge in [0.2, 0.25) is 0 Å². The molecule has 1 aliphatic rings. The quantitative estimate of drug-likeness (QED) is 0.231. The van der Waals surface area contributed by atoms with E-state index in [1.54, 1.807) is 0 Å². The van der Waals surface area contributed by atoms with Crippen LogP contribution in [0.2, 0.25) is 0 Å². The Hall–Kier alpha value is -3.80. The van der Waals surface area contributed by atoms with Gasteiger partial charge in [-0.3, -0.25) is 9.88 Å². The number of rotatable bonds is 9. The van der Waals surface area contributed by atoms with E-state index in [9.17, 15) is 0 Å². The molecule has 0 saturated heterocycles. The van der Waals surface area contributed by atoms with E-state index in [1.165, 1.54) is 34.4 Å². The molecule has 5 heteroatoms. The van der Waals surface area contributed by atoms with Gasteiger partial charge < -0.3 is 10.3 Å². The average molecular weight is 502 g/mol. The van der Waals surface area contributed by atoms with Crippen LogP contribution in [-0.4, -0.2) is 19.9 Å². The van der Waals surface area contributed by atoms with Crippen molar-refractivity contribution < 1.29 is 0 Å². The highest BCUT2D eigenvalue weighted by Crippen LogP contribution is 2.34. The summed E-state index contributed by atoms with van der Waals surface area (Å²) >= 11 is 0. The molecule has 6 rings (SSSR count). The van der Waals surface area contributed by atoms with Gasteiger partial charge in [-0.2, -0.15) is 0 Å². The number of benzene rings is 3. The third-order valence-electron chi connectivity index (χ3n) is 7.69. The molecule has 2 heterocycles. The lowest BCUT2D eigenvalue weighted by molar-refractivity contribution is 0.153. The molecule has 0 bridgehead atoms. The van der Waals surface area contributed by atoms with Crippen LogP contribution >= 0.6 is 0 Å². The summed E-state index contributed by atoms with van der Waals surface area (Å²) in [7, 11) is 0. The molecular formula is C33H35N5. The normalized spacial score (nSPS) is 16.0. The van der Waals surface area contributed by atoms with Gasteiger partial charge in [-0.15, -0.1) is 0 Å². The fourth-order valence-electron chi connectivity index (χ4n) is 5.69. The summed E-state index contributed by atoms with van der Waals surface area (Å²) in [5.74, 6) is 1.00. The Labute approximate surface area is 225 Å². The number of para-hydroxylation sites is 2. The summed E-state index contributed by atoms with van der Waals surface area (Å²) in [6.45, 7) is 4.66. The zero-order valence-electron chi connectivity index (χ0n) is 22.0. The summed E-state index contributed by atoms with van der Waals surface area (Å²) in [5.41, 5.74) is 8.64. The van der Waals surface area contributed by atoms with Crippen LogP contribution in [0.4, 0.5) is 0 Å². The van der Waals surface area contributed by atoms with Gasteiger partial charge in [0.25, 0.3) is 0 Å². The second-order valence-corrected chi connectivity index (χ2v) is 10.4. The van der Waals surface area contributed by atoms with Crippen molar-refractivity contribution in [2.75, 3.05) is 0 Å². The van der Waals surface area contributed by atoms with Crippen molar-refractivity contribution in [3.63, 3.8) is 0 Å². The van der Waals surface area contributed by atoms with Crippen molar-refractivity contribution in [3.8, 4) is 0 Å². The minimum atomic E-state index is 0.271. The Morgan fingerprint density at radius 3 is 2.66 bits per heavy atom. The molecular weight excluding hydrogens is 466 g/mol. The highest BCUT2D eigenvalue weighted by atomic mass is 15.2. The lowest BCUT2D eigenvalue weighted by Gasteiger charge is -2.34. The molecule has 2 atom stereocenters. The first-order valence-electron chi connectivity index (χ1n) is 13.7. The van der Waals surface area contributed by atoms with Crippen molar-refractivity contribution in [1.82, 2.24) is 25.2 Å². The first kappa shape index (κ1) is 24.5. The smallest absolute Gasteiger partial charge is 0.121 e. The first-order chi connectivity index (χ1) is 18.7. The number of hydrogen-bond donors (Lipinski definition) is 2. The molecule has 2 aromatic heterocycles. The number of aryl methyl sites for hydroxylation is 1. The molecule has 0 saturated carbocycles. The van der Waals surface area contributed by atoms with Gasteiger partial charge >= 0.3 is 0 Å². The second kappa shape index (κ2) is 11.3. The molecule has 5 aromatic rings. The van der Waals surface area contributed by atoms with Crippen LogP contribution in [0.1, 0.15) is 65.6 Å². The van der Waals surface area contributed by atoms with Gasteiger partial charge in [-0.1, -0.05) is 72.8 Å². The molecule has 38 heavy (non-hydrogen) atoms. The standard InChI is InChI=1S/C33H35N5/c1-24(27-12-3-2-4-13-27)35-21-25-10-7-11-26(20-25)22-38(23-32-36-29-16-5-6-17-30(29)37-32)31-18-8-14-28-15-9-19-34-33(28)31/h2-7,9-13,15-17,19-20,24,31,35H,8,14,18,21-23H2,1H3,(H,36,37). The molecule has 5 nitrogen and oxygen atoms in total. The van der Waals surface area contributed by atoms with E-state index in [0.717, 1.165) is 49.3 Å². The number of fused-ring (bicyclic) bond motifs is 2. The van der Waals surface area contributed by atoms with E-state index in [-0.39, 0.29) is 6.04 Å². The SMILES string of the molecule is CC(NCc1cccc(CN(Cc2nc3ccccc3[nH]2)C2CCCc3cccnc32)c1)c1ccccc1. The maximum Gasteiger partial charge on any atom is 0.121 e. The van der Waals surface area contributed by atoms with Crippen LogP contribution in [0, 0.1) is 0 Å². The van der Waals surface area contributed by atoms with Gasteiger partial charge in [0.15, 0.2) is 0 Å². The van der Waals surface area contributed by atoms with Crippen molar-refractivity contribution in [1.29, 1.82) is 0 Å². The maximum absolute atomic E-state index is 4.91. The molecule has 0 amide bonds. The van der Waals surface area contributed by atoms with Gasteiger partial charge in [-0.05, 0) is 66.6 Å². The Balaban J connectivity index is 1.24. The van der Waals surface area contributed by atoms with Gasteiger partial charge in [0.05, 0.1) is 29.3 Å². The third kappa shape index (κ3) is 5.54. The van der Waals surface area contributed by atoms with Crippen LogP contribution < -0.4 is 5.32 Å². The Bertz CT molecular complexity index is 1460. The van der Waals surface area contributed by atoms with Crippen LogP contribution in [0.25, 0.3) is 11.0 Å². The summed E-state index contributed by atoms with van der Waals surface area (Å²) in [6.07, 6.45) is 5.34. The minimum Gasteiger partial charge on any atom is -0.341 e. The van der Waals surface area contributed by atoms with Crippen molar-refractivity contribution in [3.05, 3.63) is 131 Å². The fraction of sp³-hybridized carbons (Fsp3) is 0.273. The Morgan fingerprint density at radius 2 is 1.76 bits per heavy atom. The number of aromatic nitrogens is 3. The molecule has 0 spiro atoms. The molecule has 3 aromatic carbocycles. The summed E-state index contributed by atoms with van der Waals surface area (Å²) < 4.78 is 0. The van der Waals surface area contributed by atoms with Gasteiger partial charge in [-0.25, -0.2) is 4.98 Å². The van der Waals surface area contributed by atoms with Crippen molar-refractivity contribution in [2.24, 2.45) is 0 Å². The highest BCUT2D eigenvalue weighted by molar-refractivity contribution is 5.74. The minimum absolute atomic E-state index is 0.271. The predicted molar refractivity (Wildman–Crippen MR) is 153 cm³/mol. The number of hydrogen-bond acceptors (Lipinski definition) is 4. The van der Waals surface area contributed by atoms with Crippen LogP contribution in [0.3, 0.4) is 0 Å². The van der Waals surface area contributed by atoms with E-state index in [2.05, 4.69) is 107 Å². The maximum atomic E-state index is 4.91. The van der Waals surface area contributed by atoms with E-state index in [4.69, 9.17) is 9.97 Å². The predicted octanol–water partition coefficient (Wildman–Crippen LogP) is 6.89. The van der Waals surface area contributed by atoms with E-state index in [0.29, 0.717) is 6.04 Å². The Kier molecular flexibility index (Phi) is 7.29. The molecule has 0 fully saturated rings. The largest absolute Gasteiger partial charge is 0.341 e. The molecule has 192 valence electrons. The lowest BCUT2D eigenvalue weighted by Crippen LogP contribution is -2.32. The topological polar surface area (TPSA) is 56.8 Å². The van der Waals surface area contributed by atoms with E-state index < -0.39 is 0 Å². The number of H-pyrrole nitrogens is 1. The zero-order chi connectivity index (χ0) is 25.7. The molecule has 2 N–H and O–H groups in total. The number of nitrogens with zero attached hydrogens (tertiary/aromatic N) is 3. The van der Waals surface area contributed by atoms with Gasteiger partial charge in [0, 0.05) is 25.3 Å². The summed E-state index contributed by atoms with van der Waals surface area (Å²) in [6, 6.07) is 32.8. The zero-order valence-corrected chi connectivity index (χ0v) is 22.0. The second-order valence-electron chi connectivity index (χ2n) is 10.4. The average Bonchev–Trinajstić information content (AvgIpc) is 3.38. The van der Waals surface area contributed by atoms with Crippen molar-refractivity contribution >= 4 is 11.0 Å². The fourth-order valence-corrected chi connectivity index (χ4v) is 5.69. The van der Waals surface area contributed by atoms with Crippen LogP contribution in [-0.2, 0) is 26.1 Å². The third-order valence-corrected chi connectivity index (χ3v) is 7.69. The molecule has 0 radical (unpaired) electrons. The molecule has 2 unspecified atom stereocenters. The van der Waals surface area contributed by atoms with E-state index in [1.807, 2.05) is 12.3 Å². The number of nitrogens with one attached hydrogen (secondary N) is 2. The van der Waals surface area contributed by atoms with Crippen LogP contribution in [0.15, 0.2) is 97.2 Å². The first-order valence-corrected chi connectivity index (χ1v) is 13.7. The van der Waals surface area contributed by atoms with Gasteiger partial charge in [0.1, 0.15) is 5.82 Å². The van der Waals surface area contributed by atoms with Crippen molar-refractivity contribution in [2.45, 2.75) is 57.9 Å². The summed E-state index contributed by atoms with van der Waals surface area (Å²) in [5, 5.41) is 3.69. The summed E-state index contributed by atoms with van der Waals surface area (Å²) in [4.78, 5) is 15.9. The highest BCUT2D eigenvalue weighted by Gasteiger charge is 2.28. The Morgan fingerprint density at radius 1 is 0.921 bits per heavy atom. The lowest BCUT2D eigenvalue weighted by atomic mass is 9.90. The van der Waals surface area contributed by atoms with Crippen LogP contribution in [0.5, 0.6) is 0 Å². The molecule has 0 aliphatic heterocycles. The molecule has 1 aliphatic carbocycles. The number of aromatic amines is 1. The number of imidazole rings is 1. The van der Waals surface area contributed by atoms with E-state index >= 15 is 0 Å². The number of pyridine rings is 1.